The van der Waals surface area contributed by atoms with Crippen molar-refractivity contribution in [2.24, 2.45) is 0 Å². The summed E-state index contributed by atoms with van der Waals surface area (Å²) in [6.45, 7) is 0. The number of hydrogen-bond acceptors (Lipinski definition) is 4. The van der Waals surface area contributed by atoms with Crippen LogP contribution in [0.15, 0.2) is 29.2 Å². The first-order chi connectivity index (χ1) is 5.93. The van der Waals surface area contributed by atoms with Crippen molar-refractivity contribution in [3.63, 3.8) is 0 Å². The summed E-state index contributed by atoms with van der Waals surface area (Å²) in [6.07, 6.45) is 0. The molecule has 1 rings (SSSR count). The molecule has 0 spiro atoms. The van der Waals surface area contributed by atoms with E-state index in [2.05, 4.69) is 0 Å². The van der Waals surface area contributed by atoms with E-state index in [1.165, 1.54) is 12.1 Å². The van der Waals surface area contributed by atoms with E-state index in [0.717, 1.165) is 12.1 Å². The summed E-state index contributed by atoms with van der Waals surface area (Å²) < 4.78 is 33.2. The average Bonchev–Trinajstić information content (AvgIpc) is 2.03. The molecule has 0 aromatic heterocycles. The molecule has 0 aliphatic carbocycles. The molecule has 0 saturated carbocycles. The zero-order chi connectivity index (χ0) is 10.1. The molecule has 1 aromatic rings. The van der Waals surface area contributed by atoms with E-state index in [4.69, 9.17) is 0 Å². The molecule has 0 N–H and O–H groups in total. The maximum atomic E-state index is 12.4. The van der Waals surface area contributed by atoms with Crippen molar-refractivity contribution in [1.82, 2.24) is 0 Å². The Labute approximate surface area is 73.2 Å². The Morgan fingerprint density at radius 2 is 1.85 bits per heavy atom. The molecule has 0 aliphatic heterocycles. The second kappa shape index (κ2) is 3.09. The van der Waals surface area contributed by atoms with Gasteiger partial charge in [-0.05, 0) is 6.07 Å². The molecule has 0 unspecified atom stereocenters. The molecule has 0 aliphatic rings. The molecule has 0 radical (unpaired) electrons. The number of rotatable bonds is 2. The lowest BCUT2D eigenvalue weighted by Crippen LogP contribution is -1.98. The van der Waals surface area contributed by atoms with Crippen LogP contribution in [-0.4, -0.2) is 13.3 Å². The molecular formula is C6H4FNO4S. The molecule has 7 heteroatoms. The van der Waals surface area contributed by atoms with Gasteiger partial charge in [-0.2, -0.15) is 8.42 Å². The van der Waals surface area contributed by atoms with E-state index in [-0.39, 0.29) is 0 Å². The number of benzene rings is 1. The van der Waals surface area contributed by atoms with Crippen LogP contribution in [-0.2, 0) is 10.2 Å². The van der Waals surface area contributed by atoms with Crippen LogP contribution in [0.3, 0.4) is 0 Å². The van der Waals surface area contributed by atoms with E-state index in [1.807, 2.05) is 0 Å². The summed E-state index contributed by atoms with van der Waals surface area (Å²) in [5.74, 6) is 0. The third-order valence-corrected chi connectivity index (χ3v) is 2.20. The van der Waals surface area contributed by atoms with E-state index >= 15 is 0 Å². The topological polar surface area (TPSA) is 77.3 Å². The van der Waals surface area contributed by atoms with Gasteiger partial charge in [0.05, 0.1) is 4.92 Å². The maximum Gasteiger partial charge on any atom is 0.338 e. The Bertz CT molecular complexity index is 442. The Balaban J connectivity index is 3.46. The number of hydrogen-bond donors (Lipinski definition) is 0. The molecule has 0 saturated heterocycles. The predicted molar refractivity (Wildman–Crippen MR) is 41.4 cm³/mol. The minimum absolute atomic E-state index is 0.759. The molecule has 0 amide bonds. The number of nitro groups is 1. The molecule has 0 fully saturated rings. The number of nitrogens with zero attached hydrogens (tertiary/aromatic N) is 1. The van der Waals surface area contributed by atoms with E-state index in [1.54, 1.807) is 0 Å². The number of para-hydroxylation sites is 1. The Morgan fingerprint density at radius 3 is 2.23 bits per heavy atom. The summed E-state index contributed by atoms with van der Waals surface area (Å²) in [6, 6.07) is 4.23. The van der Waals surface area contributed by atoms with Crippen LogP contribution in [0.4, 0.5) is 9.57 Å². The molecule has 13 heavy (non-hydrogen) atoms. The highest BCUT2D eigenvalue weighted by Gasteiger charge is 2.23. The molecular weight excluding hydrogens is 201 g/mol. The maximum absolute atomic E-state index is 12.4. The van der Waals surface area contributed by atoms with Crippen molar-refractivity contribution in [3.05, 3.63) is 34.4 Å². The lowest BCUT2D eigenvalue weighted by atomic mass is 10.3. The average molecular weight is 205 g/mol. The zero-order valence-electron chi connectivity index (χ0n) is 6.18. The summed E-state index contributed by atoms with van der Waals surface area (Å²) >= 11 is 0. The zero-order valence-corrected chi connectivity index (χ0v) is 6.99. The van der Waals surface area contributed by atoms with Gasteiger partial charge in [0, 0.05) is 6.07 Å². The van der Waals surface area contributed by atoms with Gasteiger partial charge in [0.2, 0.25) is 0 Å². The highest BCUT2D eigenvalue weighted by atomic mass is 32.3. The standard InChI is InChI=1S/C6H4FNO4S/c7-13(11,12)6-4-2-1-3-5(6)8(9)10/h1-4H. The van der Waals surface area contributed by atoms with Gasteiger partial charge in [0.1, 0.15) is 0 Å². The van der Waals surface area contributed by atoms with Crippen LogP contribution in [0.1, 0.15) is 0 Å². The van der Waals surface area contributed by atoms with Crippen LogP contribution >= 0.6 is 0 Å². The van der Waals surface area contributed by atoms with E-state index in [9.17, 15) is 22.4 Å². The molecule has 1 aromatic carbocycles. The predicted octanol–water partition coefficient (Wildman–Crippen LogP) is 1.25. The second-order valence-corrected chi connectivity index (χ2v) is 3.48. The monoisotopic (exact) mass is 205 g/mol. The lowest BCUT2D eigenvalue weighted by molar-refractivity contribution is -0.387. The fourth-order valence-corrected chi connectivity index (χ4v) is 1.45. The normalized spacial score (nSPS) is 11.2. The van der Waals surface area contributed by atoms with Crippen LogP contribution in [0.2, 0.25) is 0 Å². The van der Waals surface area contributed by atoms with Crippen molar-refractivity contribution < 1.29 is 17.2 Å². The highest BCUT2D eigenvalue weighted by molar-refractivity contribution is 7.86. The summed E-state index contributed by atoms with van der Waals surface area (Å²) in [4.78, 5) is 8.37. The van der Waals surface area contributed by atoms with Crippen molar-refractivity contribution in [1.29, 1.82) is 0 Å². The van der Waals surface area contributed by atoms with Gasteiger partial charge in [0.25, 0.3) is 5.69 Å². The SMILES string of the molecule is O=[N+]([O-])c1ccccc1S(=O)(=O)F. The number of nitro benzene ring substituents is 1. The summed E-state index contributed by atoms with van der Waals surface area (Å²) in [5.41, 5.74) is -0.759. The lowest BCUT2D eigenvalue weighted by Gasteiger charge is -1.95. The third kappa shape index (κ3) is 2.00. The second-order valence-electron chi connectivity index (χ2n) is 2.16. The fraction of sp³-hybridized carbons (Fsp3) is 0. The Kier molecular flexibility index (Phi) is 2.28. The first-order valence-electron chi connectivity index (χ1n) is 3.11. The smallest absolute Gasteiger partial charge is 0.258 e. The molecule has 0 heterocycles. The summed E-state index contributed by atoms with van der Waals surface area (Å²) in [5, 5.41) is 10.2. The van der Waals surface area contributed by atoms with Gasteiger partial charge in [0.15, 0.2) is 4.90 Å². The van der Waals surface area contributed by atoms with Gasteiger partial charge in [-0.15, -0.1) is 3.89 Å². The van der Waals surface area contributed by atoms with Crippen molar-refractivity contribution >= 4 is 15.9 Å². The molecule has 0 atom stereocenters. The van der Waals surface area contributed by atoms with Gasteiger partial charge >= 0.3 is 10.2 Å². The van der Waals surface area contributed by atoms with Crippen LogP contribution in [0.5, 0.6) is 0 Å². The Hall–Kier alpha value is -1.50. The van der Waals surface area contributed by atoms with Gasteiger partial charge in [-0.1, -0.05) is 12.1 Å². The van der Waals surface area contributed by atoms with Crippen molar-refractivity contribution in [3.8, 4) is 0 Å². The first kappa shape index (κ1) is 9.59. The van der Waals surface area contributed by atoms with Crippen LogP contribution < -0.4 is 0 Å². The molecule has 5 nitrogen and oxygen atoms in total. The van der Waals surface area contributed by atoms with Crippen LogP contribution in [0, 0.1) is 10.1 Å². The van der Waals surface area contributed by atoms with Crippen LogP contribution in [0.25, 0.3) is 0 Å². The Morgan fingerprint density at radius 1 is 1.31 bits per heavy atom. The molecule has 70 valence electrons. The van der Waals surface area contributed by atoms with Gasteiger partial charge < -0.3 is 0 Å². The summed E-state index contributed by atoms with van der Waals surface area (Å²) in [7, 11) is -5.02. The third-order valence-electron chi connectivity index (χ3n) is 1.32. The largest absolute Gasteiger partial charge is 0.338 e. The van der Waals surface area contributed by atoms with Gasteiger partial charge in [-0.3, -0.25) is 10.1 Å². The van der Waals surface area contributed by atoms with E-state index < -0.39 is 25.7 Å². The van der Waals surface area contributed by atoms with Gasteiger partial charge in [-0.25, -0.2) is 0 Å². The first-order valence-corrected chi connectivity index (χ1v) is 4.49. The van der Waals surface area contributed by atoms with Crippen molar-refractivity contribution in [2.45, 2.75) is 4.90 Å². The minimum Gasteiger partial charge on any atom is -0.258 e. The minimum atomic E-state index is -5.02. The quantitative estimate of drug-likeness (QED) is 0.413. The van der Waals surface area contributed by atoms with Crippen molar-refractivity contribution in [2.75, 3.05) is 0 Å². The number of halogens is 1. The highest BCUT2D eigenvalue weighted by Crippen LogP contribution is 2.24. The molecule has 0 bridgehead atoms. The fourth-order valence-electron chi connectivity index (χ4n) is 0.814. The van der Waals surface area contributed by atoms with E-state index in [0.29, 0.717) is 0 Å².